The molecule has 0 heterocycles. The van der Waals surface area contributed by atoms with E-state index in [1.165, 1.54) is 12.1 Å². The van der Waals surface area contributed by atoms with E-state index in [9.17, 15) is 13.2 Å². The molecule has 0 fully saturated rings. The predicted octanol–water partition coefficient (Wildman–Crippen LogP) is 3.38. The lowest BCUT2D eigenvalue weighted by atomic mass is 10.1. The quantitative estimate of drug-likeness (QED) is 0.256. The Balaban J connectivity index is 0.00000441. The van der Waals surface area contributed by atoms with Gasteiger partial charge in [0.15, 0.2) is 5.96 Å². The van der Waals surface area contributed by atoms with Gasteiger partial charge in [0.25, 0.3) is 0 Å². The van der Waals surface area contributed by atoms with E-state index in [4.69, 9.17) is 5.73 Å². The number of benzene rings is 1. The molecule has 0 aromatic heterocycles. The van der Waals surface area contributed by atoms with Crippen molar-refractivity contribution in [1.29, 1.82) is 0 Å². The van der Waals surface area contributed by atoms with E-state index in [1.807, 2.05) is 0 Å². The van der Waals surface area contributed by atoms with Crippen LogP contribution in [0.2, 0.25) is 0 Å². The lowest BCUT2D eigenvalue weighted by Gasteiger charge is -2.05. The van der Waals surface area contributed by atoms with E-state index in [0.717, 1.165) is 25.0 Å². The molecule has 0 aliphatic heterocycles. The van der Waals surface area contributed by atoms with Crippen LogP contribution in [0.15, 0.2) is 29.3 Å². The monoisotopic (exact) mass is 425 g/mol. The Kier molecular flexibility index (Phi) is 9.65. The van der Waals surface area contributed by atoms with Crippen LogP contribution >= 0.6 is 24.0 Å². The summed E-state index contributed by atoms with van der Waals surface area (Å²) < 4.78 is 37.1. The molecule has 3 N–H and O–H groups in total. The van der Waals surface area contributed by atoms with Gasteiger partial charge in [0, 0.05) is 12.1 Å². The fourth-order valence-electron chi connectivity index (χ4n) is 1.44. The zero-order chi connectivity index (χ0) is 15.7. The molecule has 0 radical (unpaired) electrons. The van der Waals surface area contributed by atoms with Gasteiger partial charge in [-0.25, -0.2) is 0 Å². The molecule has 0 saturated heterocycles. The van der Waals surface area contributed by atoms with Crippen molar-refractivity contribution in [2.45, 2.75) is 25.9 Å². The molecular weight excluding hydrogens is 406 g/mol. The van der Waals surface area contributed by atoms with E-state index in [2.05, 4.69) is 29.1 Å². The summed E-state index contributed by atoms with van der Waals surface area (Å²) in [5.41, 5.74) is 5.45. The van der Waals surface area contributed by atoms with Crippen molar-refractivity contribution in [1.82, 2.24) is 5.32 Å². The van der Waals surface area contributed by atoms with Crippen LogP contribution < -0.4 is 11.1 Å². The second-order valence-electron chi connectivity index (χ2n) is 4.35. The van der Waals surface area contributed by atoms with Gasteiger partial charge in [-0.05, 0) is 30.7 Å². The number of nitrogens with two attached hydrogens (primary N) is 1. The van der Waals surface area contributed by atoms with E-state index in [0.29, 0.717) is 24.6 Å². The lowest BCUT2D eigenvalue weighted by molar-refractivity contribution is -0.137. The minimum absolute atomic E-state index is 0. The number of rotatable bonds is 4. The summed E-state index contributed by atoms with van der Waals surface area (Å²) in [6.45, 7) is 3.03. The van der Waals surface area contributed by atoms with Gasteiger partial charge in [-0.15, -0.1) is 24.0 Å². The Morgan fingerprint density at radius 3 is 2.45 bits per heavy atom. The molecular formula is C15H19F3IN3. The van der Waals surface area contributed by atoms with Crippen molar-refractivity contribution >= 4 is 29.9 Å². The van der Waals surface area contributed by atoms with E-state index < -0.39 is 11.7 Å². The summed E-state index contributed by atoms with van der Waals surface area (Å²) in [4.78, 5) is 4.09. The van der Waals surface area contributed by atoms with Crippen LogP contribution in [0.4, 0.5) is 13.2 Å². The molecule has 1 aromatic carbocycles. The zero-order valence-corrected chi connectivity index (χ0v) is 14.5. The highest BCUT2D eigenvalue weighted by atomic mass is 127. The van der Waals surface area contributed by atoms with Crippen LogP contribution in [0.25, 0.3) is 0 Å². The molecule has 0 saturated carbocycles. The first kappa shape index (κ1) is 20.6. The number of nitrogens with one attached hydrogen (secondary N) is 1. The highest BCUT2D eigenvalue weighted by Crippen LogP contribution is 2.28. The third kappa shape index (κ3) is 8.12. The van der Waals surface area contributed by atoms with Gasteiger partial charge < -0.3 is 11.1 Å². The van der Waals surface area contributed by atoms with Gasteiger partial charge in [0.1, 0.15) is 0 Å². The van der Waals surface area contributed by atoms with Crippen LogP contribution in [0.5, 0.6) is 0 Å². The Labute approximate surface area is 145 Å². The van der Waals surface area contributed by atoms with Crippen LogP contribution in [0.3, 0.4) is 0 Å². The molecule has 1 rings (SSSR count). The number of guanidine groups is 1. The summed E-state index contributed by atoms with van der Waals surface area (Å²) in [7, 11) is 0. The second-order valence-corrected chi connectivity index (χ2v) is 4.35. The first-order valence-corrected chi connectivity index (χ1v) is 6.63. The molecule has 3 nitrogen and oxygen atoms in total. The number of alkyl halides is 3. The van der Waals surface area contributed by atoms with E-state index >= 15 is 0 Å². The van der Waals surface area contributed by atoms with Crippen molar-refractivity contribution < 1.29 is 13.2 Å². The number of nitrogens with zero attached hydrogens (tertiary/aromatic N) is 1. The third-order valence-corrected chi connectivity index (χ3v) is 2.60. The van der Waals surface area contributed by atoms with Crippen molar-refractivity contribution in [2.75, 3.05) is 13.1 Å². The smallest absolute Gasteiger partial charge is 0.370 e. The van der Waals surface area contributed by atoms with Gasteiger partial charge in [0.05, 0.1) is 12.1 Å². The molecule has 7 heteroatoms. The van der Waals surface area contributed by atoms with Crippen molar-refractivity contribution in [2.24, 2.45) is 10.7 Å². The first-order valence-electron chi connectivity index (χ1n) is 6.63. The number of hydrogen-bond donors (Lipinski definition) is 2. The first-order chi connectivity index (χ1) is 9.93. The average Bonchev–Trinajstić information content (AvgIpc) is 2.43. The van der Waals surface area contributed by atoms with Crippen LogP contribution in [-0.4, -0.2) is 19.0 Å². The van der Waals surface area contributed by atoms with Gasteiger partial charge >= 0.3 is 6.18 Å². The Hall–Kier alpha value is -1.43. The largest absolute Gasteiger partial charge is 0.416 e. The molecule has 0 aliphatic rings. The normalized spacial score (nSPS) is 11.2. The maximum absolute atomic E-state index is 12.4. The Morgan fingerprint density at radius 2 is 1.91 bits per heavy atom. The maximum Gasteiger partial charge on any atom is 0.416 e. The summed E-state index contributed by atoms with van der Waals surface area (Å²) in [5.74, 6) is 5.86. The molecule has 0 atom stereocenters. The third-order valence-electron chi connectivity index (χ3n) is 2.60. The Bertz CT molecular complexity index is 528. The lowest BCUT2D eigenvalue weighted by Crippen LogP contribution is -2.32. The van der Waals surface area contributed by atoms with E-state index in [1.54, 1.807) is 0 Å². The topological polar surface area (TPSA) is 50.4 Å². The average molecular weight is 425 g/mol. The molecule has 1 aromatic rings. The fraction of sp³-hybridized carbons (Fsp3) is 0.400. The number of hydrogen-bond acceptors (Lipinski definition) is 1. The maximum atomic E-state index is 12.4. The van der Waals surface area contributed by atoms with Gasteiger partial charge in [-0.2, -0.15) is 13.2 Å². The molecule has 122 valence electrons. The summed E-state index contributed by atoms with van der Waals surface area (Å²) in [6, 6.07) is 4.71. The number of aliphatic imine (C=N–C) groups is 1. The molecule has 0 bridgehead atoms. The van der Waals surface area contributed by atoms with Crippen LogP contribution in [-0.2, 0) is 6.18 Å². The van der Waals surface area contributed by atoms with Crippen molar-refractivity contribution in [3.8, 4) is 11.8 Å². The molecule has 22 heavy (non-hydrogen) atoms. The van der Waals surface area contributed by atoms with Gasteiger partial charge in [0.2, 0.25) is 0 Å². The second kappa shape index (κ2) is 10.3. The number of halogens is 4. The van der Waals surface area contributed by atoms with Gasteiger partial charge in [-0.3, -0.25) is 4.99 Å². The van der Waals surface area contributed by atoms with Gasteiger partial charge in [-0.1, -0.05) is 25.2 Å². The molecule has 0 amide bonds. The minimum atomic E-state index is -4.32. The van der Waals surface area contributed by atoms with Crippen molar-refractivity contribution in [3.63, 3.8) is 0 Å². The minimum Gasteiger partial charge on any atom is -0.370 e. The Morgan fingerprint density at radius 1 is 1.27 bits per heavy atom. The molecule has 0 spiro atoms. The standard InChI is InChI=1S/C15H18F3N3.HI/c1-2-3-10-20-14(19)21-11-4-5-12-6-8-13(9-7-12)15(16,17)18;/h6-9H,2-3,10-11H2,1H3,(H3,19,20,21);1H. The van der Waals surface area contributed by atoms with Crippen molar-refractivity contribution in [3.05, 3.63) is 35.4 Å². The predicted molar refractivity (Wildman–Crippen MR) is 93.1 cm³/mol. The number of unbranched alkanes of at least 4 members (excludes halogenated alkanes) is 1. The van der Waals surface area contributed by atoms with Crippen LogP contribution in [0, 0.1) is 11.8 Å². The summed E-state index contributed by atoms with van der Waals surface area (Å²) in [5, 5.41) is 2.82. The van der Waals surface area contributed by atoms with E-state index in [-0.39, 0.29) is 24.0 Å². The van der Waals surface area contributed by atoms with Crippen LogP contribution in [0.1, 0.15) is 30.9 Å². The molecule has 0 aliphatic carbocycles. The molecule has 0 unspecified atom stereocenters. The fourth-order valence-corrected chi connectivity index (χ4v) is 1.44. The SMILES string of the molecule is CCCCN=C(N)NCC#Cc1ccc(C(F)(F)F)cc1.I. The highest BCUT2D eigenvalue weighted by Gasteiger charge is 2.29. The highest BCUT2D eigenvalue weighted by molar-refractivity contribution is 14.0. The summed E-state index contributed by atoms with van der Waals surface area (Å²) in [6.07, 6.45) is -2.30. The summed E-state index contributed by atoms with van der Waals surface area (Å²) >= 11 is 0. The zero-order valence-electron chi connectivity index (χ0n) is 12.2.